The van der Waals surface area contributed by atoms with Gasteiger partial charge in [0.1, 0.15) is 0 Å². The number of aliphatic hydroxyl groups excluding tert-OH is 1. The van der Waals surface area contributed by atoms with Crippen molar-refractivity contribution >= 4 is 0 Å². The number of aliphatic hydroxyl groups is 1. The van der Waals surface area contributed by atoms with E-state index in [1.54, 1.807) is 0 Å². The number of rotatable bonds is 4. The molecule has 0 bridgehead atoms. The number of hydrogen-bond donors (Lipinski definition) is 1. The summed E-state index contributed by atoms with van der Waals surface area (Å²) in [6.07, 6.45) is -0.282. The smallest absolute Gasteiger partial charge is 0.0977 e. The monoisotopic (exact) mass is 329 g/mol. The predicted octanol–water partition coefficient (Wildman–Crippen LogP) is 4.04. The molecular formula is C23H23NO. The average molecular weight is 329 g/mol. The van der Waals surface area contributed by atoms with Gasteiger partial charge in [-0.2, -0.15) is 0 Å². The van der Waals surface area contributed by atoms with E-state index in [0.29, 0.717) is 6.54 Å². The Balaban J connectivity index is 2.02. The Morgan fingerprint density at radius 2 is 1.08 bits per heavy atom. The van der Waals surface area contributed by atoms with Crippen molar-refractivity contribution in [3.63, 3.8) is 0 Å². The summed E-state index contributed by atoms with van der Waals surface area (Å²) >= 11 is 0. The van der Waals surface area contributed by atoms with Crippen molar-refractivity contribution < 1.29 is 5.11 Å². The molecule has 0 aliphatic carbocycles. The minimum atomic E-state index is -0.400. The molecule has 126 valence electrons. The van der Waals surface area contributed by atoms with E-state index in [1.165, 1.54) is 16.7 Å². The number of likely N-dealkylation sites (tertiary alicyclic amines) is 1. The van der Waals surface area contributed by atoms with Crippen LogP contribution in [0.5, 0.6) is 0 Å². The Hall–Kier alpha value is -2.42. The fourth-order valence-electron chi connectivity index (χ4n) is 4.07. The van der Waals surface area contributed by atoms with E-state index in [-0.39, 0.29) is 12.1 Å². The highest BCUT2D eigenvalue weighted by atomic mass is 16.3. The van der Waals surface area contributed by atoms with Crippen LogP contribution in [0.25, 0.3) is 0 Å². The maximum absolute atomic E-state index is 10.2. The van der Waals surface area contributed by atoms with Crippen LogP contribution in [-0.4, -0.2) is 28.7 Å². The zero-order chi connectivity index (χ0) is 17.3. The van der Waals surface area contributed by atoms with E-state index in [9.17, 15) is 5.11 Å². The molecule has 1 aliphatic rings. The van der Waals surface area contributed by atoms with Crippen molar-refractivity contribution in [3.05, 3.63) is 108 Å². The highest BCUT2D eigenvalue weighted by molar-refractivity contribution is 5.50. The third-order valence-electron chi connectivity index (χ3n) is 5.44. The molecule has 1 heterocycles. The van der Waals surface area contributed by atoms with Crippen LogP contribution in [0.15, 0.2) is 91.0 Å². The second-order valence-electron chi connectivity index (χ2n) is 6.77. The number of β-amino-alcohol motifs (C(OH)–C–C–N with tert-alkyl or cyclic N) is 1. The SMILES string of the molecule is CC1C(O)CN1C(c1ccccc1)(c1ccccc1)c1ccccc1. The number of hydrogen-bond acceptors (Lipinski definition) is 2. The van der Waals surface area contributed by atoms with Gasteiger partial charge in [-0.1, -0.05) is 91.0 Å². The molecule has 1 fully saturated rings. The Morgan fingerprint density at radius 3 is 1.36 bits per heavy atom. The Kier molecular flexibility index (Phi) is 4.16. The quantitative estimate of drug-likeness (QED) is 0.730. The van der Waals surface area contributed by atoms with Gasteiger partial charge in [-0.15, -0.1) is 0 Å². The topological polar surface area (TPSA) is 23.5 Å². The summed E-state index contributed by atoms with van der Waals surface area (Å²) in [7, 11) is 0. The molecule has 3 aromatic rings. The van der Waals surface area contributed by atoms with E-state index < -0.39 is 5.54 Å². The van der Waals surface area contributed by atoms with Crippen LogP contribution in [0.1, 0.15) is 23.6 Å². The molecule has 0 saturated carbocycles. The van der Waals surface area contributed by atoms with Gasteiger partial charge in [0.15, 0.2) is 0 Å². The van der Waals surface area contributed by atoms with Gasteiger partial charge in [0, 0.05) is 12.6 Å². The van der Waals surface area contributed by atoms with Gasteiger partial charge in [0.25, 0.3) is 0 Å². The summed E-state index contributed by atoms with van der Waals surface area (Å²) in [5.74, 6) is 0. The highest BCUT2D eigenvalue weighted by Crippen LogP contribution is 2.46. The lowest BCUT2D eigenvalue weighted by Gasteiger charge is -2.56. The zero-order valence-electron chi connectivity index (χ0n) is 14.4. The van der Waals surface area contributed by atoms with Crippen LogP contribution in [0, 0.1) is 0 Å². The Labute approximate surface area is 149 Å². The van der Waals surface area contributed by atoms with Crippen LogP contribution in [0.2, 0.25) is 0 Å². The number of nitrogens with zero attached hydrogens (tertiary/aromatic N) is 1. The minimum absolute atomic E-state index is 0.0978. The predicted molar refractivity (Wildman–Crippen MR) is 101 cm³/mol. The first-order valence-corrected chi connectivity index (χ1v) is 8.86. The molecule has 1 saturated heterocycles. The molecule has 4 rings (SSSR count). The zero-order valence-corrected chi connectivity index (χ0v) is 14.4. The van der Waals surface area contributed by atoms with Crippen molar-refractivity contribution in [2.24, 2.45) is 0 Å². The van der Waals surface area contributed by atoms with Crippen molar-refractivity contribution in [1.29, 1.82) is 0 Å². The average Bonchev–Trinajstić information content (AvgIpc) is 2.70. The van der Waals surface area contributed by atoms with Gasteiger partial charge < -0.3 is 5.11 Å². The second-order valence-corrected chi connectivity index (χ2v) is 6.77. The Morgan fingerprint density at radius 1 is 0.720 bits per heavy atom. The molecule has 2 nitrogen and oxygen atoms in total. The third-order valence-corrected chi connectivity index (χ3v) is 5.44. The van der Waals surface area contributed by atoms with Crippen molar-refractivity contribution in [3.8, 4) is 0 Å². The fourth-order valence-corrected chi connectivity index (χ4v) is 4.07. The summed E-state index contributed by atoms with van der Waals surface area (Å²) in [5.41, 5.74) is 3.28. The molecular weight excluding hydrogens is 306 g/mol. The molecule has 2 atom stereocenters. The molecule has 0 spiro atoms. The highest BCUT2D eigenvalue weighted by Gasteiger charge is 2.50. The molecule has 0 amide bonds. The molecule has 2 heteroatoms. The van der Waals surface area contributed by atoms with Gasteiger partial charge in [-0.25, -0.2) is 0 Å². The van der Waals surface area contributed by atoms with Crippen LogP contribution < -0.4 is 0 Å². The summed E-state index contributed by atoms with van der Waals surface area (Å²) in [4.78, 5) is 2.41. The maximum atomic E-state index is 10.2. The normalized spacial score (nSPS) is 20.9. The van der Waals surface area contributed by atoms with Gasteiger partial charge in [-0.05, 0) is 23.6 Å². The lowest BCUT2D eigenvalue weighted by Crippen LogP contribution is -2.67. The molecule has 0 radical (unpaired) electrons. The summed E-state index contributed by atoms with van der Waals surface area (Å²) in [6, 6.07) is 32.0. The van der Waals surface area contributed by atoms with E-state index in [2.05, 4.69) is 103 Å². The molecule has 25 heavy (non-hydrogen) atoms. The molecule has 3 aromatic carbocycles. The third kappa shape index (κ3) is 2.50. The van der Waals surface area contributed by atoms with E-state index in [0.717, 1.165) is 0 Å². The van der Waals surface area contributed by atoms with Crippen molar-refractivity contribution in [1.82, 2.24) is 4.90 Å². The molecule has 0 aromatic heterocycles. The summed E-state index contributed by atoms with van der Waals surface area (Å²) in [5, 5.41) is 10.2. The summed E-state index contributed by atoms with van der Waals surface area (Å²) in [6.45, 7) is 2.78. The van der Waals surface area contributed by atoms with Crippen LogP contribution in [0.4, 0.5) is 0 Å². The van der Waals surface area contributed by atoms with E-state index in [1.807, 2.05) is 0 Å². The van der Waals surface area contributed by atoms with E-state index in [4.69, 9.17) is 0 Å². The Bertz CT molecular complexity index is 720. The first-order valence-electron chi connectivity index (χ1n) is 8.86. The maximum Gasteiger partial charge on any atom is 0.0977 e. The fraction of sp³-hybridized carbons (Fsp3) is 0.217. The number of benzene rings is 3. The first-order chi connectivity index (χ1) is 12.2. The second kappa shape index (κ2) is 6.47. The van der Waals surface area contributed by atoms with Gasteiger partial charge in [0.05, 0.1) is 11.6 Å². The van der Waals surface area contributed by atoms with Gasteiger partial charge in [-0.3, -0.25) is 4.90 Å². The van der Waals surface area contributed by atoms with Gasteiger partial charge >= 0.3 is 0 Å². The molecule has 2 unspecified atom stereocenters. The van der Waals surface area contributed by atoms with Gasteiger partial charge in [0.2, 0.25) is 0 Å². The standard InChI is InChI=1S/C23H23NO/c1-18-22(25)17-24(18)23(19-11-5-2-6-12-19,20-13-7-3-8-14-20)21-15-9-4-10-16-21/h2-16,18,22,25H,17H2,1H3. The van der Waals surface area contributed by atoms with Crippen LogP contribution in [-0.2, 0) is 5.54 Å². The molecule has 1 N–H and O–H groups in total. The minimum Gasteiger partial charge on any atom is -0.390 e. The van der Waals surface area contributed by atoms with Crippen molar-refractivity contribution in [2.75, 3.05) is 6.54 Å². The van der Waals surface area contributed by atoms with Crippen LogP contribution in [0.3, 0.4) is 0 Å². The largest absolute Gasteiger partial charge is 0.390 e. The van der Waals surface area contributed by atoms with Crippen molar-refractivity contribution in [2.45, 2.75) is 24.6 Å². The first kappa shape index (κ1) is 16.1. The lowest BCUT2D eigenvalue weighted by molar-refractivity contribution is -0.0929. The molecule has 1 aliphatic heterocycles. The van der Waals surface area contributed by atoms with Crippen LogP contribution >= 0.6 is 0 Å². The summed E-state index contributed by atoms with van der Waals surface area (Å²) < 4.78 is 0. The van der Waals surface area contributed by atoms with E-state index >= 15 is 0 Å². The lowest BCUT2D eigenvalue weighted by atomic mass is 9.72.